The van der Waals surface area contributed by atoms with Crippen molar-refractivity contribution in [2.75, 3.05) is 13.7 Å². The molecule has 1 N–H and O–H groups in total. The minimum Gasteiger partial charge on any atom is -0.493 e. The zero-order chi connectivity index (χ0) is 14.8. The number of para-hydroxylation sites is 1. The highest BCUT2D eigenvalue weighted by atomic mass is 35.5. The van der Waals surface area contributed by atoms with Crippen LogP contribution in [0.15, 0.2) is 36.4 Å². The first-order valence-electron chi connectivity index (χ1n) is 7.38. The molecule has 0 amide bonds. The highest BCUT2D eigenvalue weighted by Gasteiger charge is 2.21. The number of rotatable bonds is 3. The van der Waals surface area contributed by atoms with E-state index in [9.17, 15) is 0 Å². The molecular weight excluding hydrogens is 282 g/mol. The average Bonchev–Trinajstić information content (AvgIpc) is 2.47. The van der Waals surface area contributed by atoms with E-state index in [-0.39, 0.29) is 6.04 Å². The van der Waals surface area contributed by atoms with Crippen LogP contribution in [0.2, 0.25) is 5.02 Å². The SMILES string of the molecule is CNC(c1cc(C)cc(Cl)c1)c1cccc2c1OCCC2. The van der Waals surface area contributed by atoms with Gasteiger partial charge in [0.15, 0.2) is 0 Å². The number of aryl methyl sites for hydroxylation is 2. The Labute approximate surface area is 131 Å². The third-order valence-electron chi connectivity index (χ3n) is 3.96. The summed E-state index contributed by atoms with van der Waals surface area (Å²) in [5.41, 5.74) is 4.84. The lowest BCUT2D eigenvalue weighted by molar-refractivity contribution is 0.283. The van der Waals surface area contributed by atoms with E-state index < -0.39 is 0 Å². The first kappa shape index (κ1) is 14.4. The van der Waals surface area contributed by atoms with Crippen LogP contribution in [-0.2, 0) is 6.42 Å². The molecule has 110 valence electrons. The van der Waals surface area contributed by atoms with E-state index in [0.29, 0.717) is 0 Å². The van der Waals surface area contributed by atoms with E-state index in [4.69, 9.17) is 16.3 Å². The molecule has 21 heavy (non-hydrogen) atoms. The normalized spacial score (nSPS) is 15.2. The molecule has 2 aromatic carbocycles. The molecule has 0 radical (unpaired) electrons. The number of fused-ring (bicyclic) bond motifs is 1. The molecule has 3 heteroatoms. The van der Waals surface area contributed by atoms with Crippen LogP contribution < -0.4 is 10.1 Å². The molecule has 0 spiro atoms. The Bertz CT molecular complexity index is 633. The summed E-state index contributed by atoms with van der Waals surface area (Å²) in [5.74, 6) is 1.04. The minimum absolute atomic E-state index is 0.0930. The van der Waals surface area contributed by atoms with E-state index in [1.54, 1.807) is 0 Å². The van der Waals surface area contributed by atoms with Gasteiger partial charge in [-0.25, -0.2) is 0 Å². The van der Waals surface area contributed by atoms with Gasteiger partial charge in [-0.15, -0.1) is 0 Å². The summed E-state index contributed by atoms with van der Waals surface area (Å²) < 4.78 is 5.95. The van der Waals surface area contributed by atoms with Crippen LogP contribution in [0.5, 0.6) is 5.75 Å². The Morgan fingerprint density at radius 3 is 2.86 bits per heavy atom. The molecular formula is C18H20ClNO. The third kappa shape index (κ3) is 2.92. The Balaban J connectivity index is 2.08. The number of nitrogens with one attached hydrogen (secondary N) is 1. The average molecular weight is 302 g/mol. The molecule has 0 aromatic heterocycles. The van der Waals surface area contributed by atoms with Crippen molar-refractivity contribution in [2.24, 2.45) is 0 Å². The van der Waals surface area contributed by atoms with Gasteiger partial charge in [0.25, 0.3) is 0 Å². The first-order valence-corrected chi connectivity index (χ1v) is 7.76. The summed E-state index contributed by atoms with van der Waals surface area (Å²) in [5, 5.41) is 4.17. The second-order valence-electron chi connectivity index (χ2n) is 5.57. The van der Waals surface area contributed by atoms with E-state index in [1.807, 2.05) is 19.2 Å². The molecule has 0 saturated heterocycles. The summed E-state index contributed by atoms with van der Waals surface area (Å²) in [6, 6.07) is 12.7. The Kier molecular flexibility index (Phi) is 4.18. The highest BCUT2D eigenvalue weighted by molar-refractivity contribution is 6.30. The fourth-order valence-electron chi connectivity index (χ4n) is 3.07. The molecule has 2 nitrogen and oxygen atoms in total. The van der Waals surface area contributed by atoms with Crippen LogP contribution in [0.1, 0.15) is 34.7 Å². The van der Waals surface area contributed by atoms with E-state index >= 15 is 0 Å². The Morgan fingerprint density at radius 1 is 1.24 bits per heavy atom. The maximum absolute atomic E-state index is 6.22. The molecule has 1 aliphatic heterocycles. The summed E-state index contributed by atoms with van der Waals surface area (Å²) in [6.45, 7) is 2.87. The van der Waals surface area contributed by atoms with Crippen LogP contribution in [0.3, 0.4) is 0 Å². The zero-order valence-electron chi connectivity index (χ0n) is 12.4. The zero-order valence-corrected chi connectivity index (χ0v) is 13.2. The maximum atomic E-state index is 6.22. The number of halogens is 1. The predicted octanol–water partition coefficient (Wildman–Crippen LogP) is 4.28. The van der Waals surface area contributed by atoms with E-state index in [1.165, 1.54) is 22.3 Å². The van der Waals surface area contributed by atoms with Gasteiger partial charge < -0.3 is 10.1 Å². The molecule has 0 aliphatic carbocycles. The fraction of sp³-hybridized carbons (Fsp3) is 0.333. The molecule has 2 aromatic rings. The van der Waals surface area contributed by atoms with Gasteiger partial charge in [-0.05, 0) is 55.6 Å². The van der Waals surface area contributed by atoms with Crippen LogP contribution in [0.4, 0.5) is 0 Å². The number of hydrogen-bond donors (Lipinski definition) is 1. The smallest absolute Gasteiger partial charge is 0.127 e. The molecule has 1 aliphatic rings. The van der Waals surface area contributed by atoms with Gasteiger partial charge in [-0.1, -0.05) is 35.9 Å². The van der Waals surface area contributed by atoms with Crippen LogP contribution in [0.25, 0.3) is 0 Å². The highest BCUT2D eigenvalue weighted by Crippen LogP contribution is 2.36. The summed E-state index contributed by atoms with van der Waals surface area (Å²) in [6.07, 6.45) is 2.19. The third-order valence-corrected chi connectivity index (χ3v) is 4.18. The summed E-state index contributed by atoms with van der Waals surface area (Å²) in [4.78, 5) is 0. The van der Waals surface area contributed by atoms with E-state index in [2.05, 4.69) is 36.5 Å². The topological polar surface area (TPSA) is 21.3 Å². The fourth-order valence-corrected chi connectivity index (χ4v) is 3.37. The number of benzene rings is 2. The largest absolute Gasteiger partial charge is 0.493 e. The van der Waals surface area contributed by atoms with Crippen molar-refractivity contribution < 1.29 is 4.74 Å². The number of ether oxygens (including phenoxy) is 1. The summed E-state index contributed by atoms with van der Waals surface area (Å²) in [7, 11) is 1.98. The standard InChI is InChI=1S/C18H20ClNO/c1-12-9-14(11-15(19)10-12)17(20-2)16-7-3-5-13-6-4-8-21-18(13)16/h3,5,7,9-11,17,20H,4,6,8H2,1-2H3. The van der Waals surface area contributed by atoms with Gasteiger partial charge in [-0.2, -0.15) is 0 Å². The van der Waals surface area contributed by atoms with Crippen molar-refractivity contribution in [1.82, 2.24) is 5.32 Å². The van der Waals surface area contributed by atoms with E-state index in [0.717, 1.165) is 30.2 Å². The van der Waals surface area contributed by atoms with Gasteiger partial charge in [0.05, 0.1) is 12.6 Å². The van der Waals surface area contributed by atoms with Crippen molar-refractivity contribution >= 4 is 11.6 Å². The lowest BCUT2D eigenvalue weighted by atomic mass is 9.93. The van der Waals surface area contributed by atoms with Crippen LogP contribution in [-0.4, -0.2) is 13.7 Å². The Hall–Kier alpha value is -1.51. The van der Waals surface area contributed by atoms with Crippen molar-refractivity contribution in [3.8, 4) is 5.75 Å². The lowest BCUT2D eigenvalue weighted by Gasteiger charge is -2.25. The minimum atomic E-state index is 0.0930. The van der Waals surface area contributed by atoms with Crippen LogP contribution >= 0.6 is 11.6 Å². The molecule has 0 fully saturated rings. The second-order valence-corrected chi connectivity index (χ2v) is 6.01. The maximum Gasteiger partial charge on any atom is 0.127 e. The van der Waals surface area contributed by atoms with Gasteiger partial charge >= 0.3 is 0 Å². The van der Waals surface area contributed by atoms with Crippen molar-refractivity contribution in [3.05, 3.63) is 63.7 Å². The Morgan fingerprint density at radius 2 is 2.10 bits per heavy atom. The van der Waals surface area contributed by atoms with Crippen molar-refractivity contribution in [3.63, 3.8) is 0 Å². The molecule has 1 unspecified atom stereocenters. The van der Waals surface area contributed by atoms with Crippen LogP contribution in [0, 0.1) is 6.92 Å². The first-order chi connectivity index (χ1) is 10.2. The van der Waals surface area contributed by atoms with Gasteiger partial charge in [0, 0.05) is 10.6 Å². The molecule has 0 bridgehead atoms. The lowest BCUT2D eigenvalue weighted by Crippen LogP contribution is -2.21. The van der Waals surface area contributed by atoms with Gasteiger partial charge in [0.1, 0.15) is 5.75 Å². The van der Waals surface area contributed by atoms with Gasteiger partial charge in [-0.3, -0.25) is 0 Å². The summed E-state index contributed by atoms with van der Waals surface area (Å²) >= 11 is 6.22. The monoisotopic (exact) mass is 301 g/mol. The van der Waals surface area contributed by atoms with Gasteiger partial charge in [0.2, 0.25) is 0 Å². The number of hydrogen-bond acceptors (Lipinski definition) is 2. The molecule has 0 saturated carbocycles. The van der Waals surface area contributed by atoms with Crippen molar-refractivity contribution in [2.45, 2.75) is 25.8 Å². The predicted molar refractivity (Wildman–Crippen MR) is 87.3 cm³/mol. The molecule has 1 heterocycles. The molecule has 1 atom stereocenters. The quantitative estimate of drug-likeness (QED) is 0.913. The second kappa shape index (κ2) is 6.08. The van der Waals surface area contributed by atoms with Crippen molar-refractivity contribution in [1.29, 1.82) is 0 Å². The molecule has 3 rings (SSSR count).